The number of halogens is 1. The molecule has 0 fully saturated rings. The number of terminal acetylenes is 1. The molecule has 0 unspecified atom stereocenters. The van der Waals surface area contributed by atoms with Gasteiger partial charge in [-0.1, -0.05) is 12.0 Å². The Kier molecular flexibility index (Phi) is 3.81. The summed E-state index contributed by atoms with van der Waals surface area (Å²) >= 11 is 0. The van der Waals surface area contributed by atoms with E-state index in [0.717, 1.165) is 11.3 Å². The summed E-state index contributed by atoms with van der Waals surface area (Å²) in [6.07, 6.45) is 5.32. The van der Waals surface area contributed by atoms with E-state index in [2.05, 4.69) is 11.2 Å². The maximum absolute atomic E-state index is 13.3. The number of nitriles is 1. The van der Waals surface area contributed by atoms with Gasteiger partial charge in [0, 0.05) is 17.8 Å². The van der Waals surface area contributed by atoms with E-state index in [9.17, 15) is 4.39 Å². The lowest BCUT2D eigenvalue weighted by atomic mass is 10.1. The fourth-order valence-corrected chi connectivity index (χ4v) is 1.74. The summed E-state index contributed by atoms with van der Waals surface area (Å²) in [6.45, 7) is 0.431. The molecule has 2 nitrogen and oxygen atoms in total. The van der Waals surface area contributed by atoms with Crippen molar-refractivity contribution in [1.29, 1.82) is 5.26 Å². The first kappa shape index (κ1) is 12.7. The molecule has 0 heterocycles. The third kappa shape index (κ3) is 3.34. The Labute approximate surface area is 111 Å². The van der Waals surface area contributed by atoms with Crippen LogP contribution in [0, 0.1) is 29.5 Å². The van der Waals surface area contributed by atoms with Crippen LogP contribution in [0.1, 0.15) is 16.7 Å². The zero-order valence-corrected chi connectivity index (χ0v) is 10.2. The van der Waals surface area contributed by atoms with Gasteiger partial charge in [-0.3, -0.25) is 0 Å². The predicted octanol–water partition coefficient (Wildman–Crippen LogP) is 3.29. The Morgan fingerprint density at radius 1 is 1.16 bits per heavy atom. The maximum Gasteiger partial charge on any atom is 0.124 e. The highest BCUT2D eigenvalue weighted by Gasteiger charge is 2.01. The molecule has 0 radical (unpaired) electrons. The molecule has 0 bridgehead atoms. The van der Waals surface area contributed by atoms with E-state index in [1.165, 1.54) is 12.1 Å². The number of anilines is 1. The standard InChI is InChI=1S/C16H11FN2/c1-2-12-4-3-5-16(9-12)19-11-14-6-13(10-18)7-15(17)8-14/h1,3-9,19H,11H2. The van der Waals surface area contributed by atoms with E-state index in [1.807, 2.05) is 30.3 Å². The Hall–Kier alpha value is -2.78. The average Bonchev–Trinajstić information content (AvgIpc) is 2.44. The monoisotopic (exact) mass is 250 g/mol. The van der Waals surface area contributed by atoms with Crippen LogP contribution in [0.25, 0.3) is 0 Å². The molecule has 2 aromatic rings. The number of hydrogen-bond acceptors (Lipinski definition) is 2. The first-order valence-electron chi connectivity index (χ1n) is 5.71. The molecule has 2 aromatic carbocycles. The van der Waals surface area contributed by atoms with Gasteiger partial charge in [-0.2, -0.15) is 5.26 Å². The van der Waals surface area contributed by atoms with Crippen LogP contribution in [0.4, 0.5) is 10.1 Å². The predicted molar refractivity (Wildman–Crippen MR) is 72.8 cm³/mol. The van der Waals surface area contributed by atoms with E-state index in [0.29, 0.717) is 17.7 Å². The van der Waals surface area contributed by atoms with Gasteiger partial charge in [0.2, 0.25) is 0 Å². The van der Waals surface area contributed by atoms with Crippen LogP contribution in [0.15, 0.2) is 42.5 Å². The highest BCUT2D eigenvalue weighted by atomic mass is 19.1. The molecule has 0 saturated carbocycles. The van der Waals surface area contributed by atoms with Crippen molar-refractivity contribution in [3.63, 3.8) is 0 Å². The summed E-state index contributed by atoms with van der Waals surface area (Å²) in [6, 6.07) is 13.6. The Bertz CT molecular complexity index is 678. The van der Waals surface area contributed by atoms with Crippen LogP contribution in [0.2, 0.25) is 0 Å². The lowest BCUT2D eigenvalue weighted by Crippen LogP contribution is -2.00. The minimum atomic E-state index is -0.409. The third-order valence-corrected chi connectivity index (χ3v) is 2.61. The van der Waals surface area contributed by atoms with Crippen molar-refractivity contribution in [2.24, 2.45) is 0 Å². The molecule has 0 aromatic heterocycles. The van der Waals surface area contributed by atoms with Crippen molar-refractivity contribution in [3.05, 3.63) is 65.0 Å². The minimum Gasteiger partial charge on any atom is -0.381 e. The van der Waals surface area contributed by atoms with Gasteiger partial charge in [0.15, 0.2) is 0 Å². The second-order valence-electron chi connectivity index (χ2n) is 4.04. The van der Waals surface area contributed by atoms with Crippen LogP contribution in [-0.2, 0) is 6.54 Å². The first-order valence-corrected chi connectivity index (χ1v) is 5.71. The molecule has 92 valence electrons. The van der Waals surface area contributed by atoms with Crippen molar-refractivity contribution in [3.8, 4) is 18.4 Å². The largest absolute Gasteiger partial charge is 0.381 e. The number of nitrogens with one attached hydrogen (secondary N) is 1. The van der Waals surface area contributed by atoms with Crippen LogP contribution in [-0.4, -0.2) is 0 Å². The fourth-order valence-electron chi connectivity index (χ4n) is 1.74. The number of rotatable bonds is 3. The maximum atomic E-state index is 13.3. The highest BCUT2D eigenvalue weighted by Crippen LogP contribution is 2.13. The van der Waals surface area contributed by atoms with E-state index in [4.69, 9.17) is 11.7 Å². The summed E-state index contributed by atoms with van der Waals surface area (Å²) in [5, 5.41) is 11.9. The Balaban J connectivity index is 2.12. The SMILES string of the molecule is C#Cc1cccc(NCc2cc(F)cc(C#N)c2)c1. The van der Waals surface area contributed by atoms with Gasteiger partial charge in [0.25, 0.3) is 0 Å². The number of nitrogens with zero attached hydrogens (tertiary/aromatic N) is 1. The molecule has 0 aliphatic heterocycles. The van der Waals surface area contributed by atoms with Gasteiger partial charge in [-0.15, -0.1) is 6.42 Å². The highest BCUT2D eigenvalue weighted by molar-refractivity contribution is 5.50. The zero-order chi connectivity index (χ0) is 13.7. The van der Waals surface area contributed by atoms with Crippen molar-refractivity contribution >= 4 is 5.69 Å². The summed E-state index contributed by atoms with van der Waals surface area (Å²) in [7, 11) is 0. The smallest absolute Gasteiger partial charge is 0.124 e. The molecule has 1 N–H and O–H groups in total. The van der Waals surface area contributed by atoms with Crippen LogP contribution >= 0.6 is 0 Å². The van der Waals surface area contributed by atoms with Crippen molar-refractivity contribution in [1.82, 2.24) is 0 Å². The molecular formula is C16H11FN2. The second-order valence-corrected chi connectivity index (χ2v) is 4.04. The van der Waals surface area contributed by atoms with Crippen molar-refractivity contribution < 1.29 is 4.39 Å². The van der Waals surface area contributed by atoms with Crippen LogP contribution in [0.3, 0.4) is 0 Å². The van der Waals surface area contributed by atoms with Crippen LogP contribution < -0.4 is 5.32 Å². The average molecular weight is 250 g/mol. The molecule has 0 amide bonds. The van der Waals surface area contributed by atoms with E-state index < -0.39 is 5.82 Å². The van der Waals surface area contributed by atoms with Crippen LogP contribution in [0.5, 0.6) is 0 Å². The van der Waals surface area contributed by atoms with E-state index in [-0.39, 0.29) is 0 Å². The lowest BCUT2D eigenvalue weighted by molar-refractivity contribution is 0.625. The second kappa shape index (κ2) is 5.71. The lowest BCUT2D eigenvalue weighted by Gasteiger charge is -2.07. The zero-order valence-electron chi connectivity index (χ0n) is 10.2. The molecule has 19 heavy (non-hydrogen) atoms. The van der Waals surface area contributed by atoms with Crippen molar-refractivity contribution in [2.45, 2.75) is 6.54 Å². The number of hydrogen-bond donors (Lipinski definition) is 1. The van der Waals surface area contributed by atoms with Gasteiger partial charge in [0.1, 0.15) is 5.82 Å². The third-order valence-electron chi connectivity index (χ3n) is 2.61. The normalized spacial score (nSPS) is 9.42. The summed E-state index contributed by atoms with van der Waals surface area (Å²) in [5.41, 5.74) is 2.66. The minimum absolute atomic E-state index is 0.314. The fraction of sp³-hybridized carbons (Fsp3) is 0.0625. The molecule has 0 saturated heterocycles. The molecular weight excluding hydrogens is 239 g/mol. The first-order chi connectivity index (χ1) is 9.21. The summed E-state index contributed by atoms with van der Waals surface area (Å²) in [5.74, 6) is 2.14. The quantitative estimate of drug-likeness (QED) is 0.848. The van der Waals surface area contributed by atoms with Crippen molar-refractivity contribution in [2.75, 3.05) is 5.32 Å². The molecule has 3 heteroatoms. The van der Waals surface area contributed by atoms with E-state index in [1.54, 1.807) is 6.07 Å². The molecule has 0 aliphatic carbocycles. The molecule has 0 spiro atoms. The molecule has 0 aliphatic rings. The topological polar surface area (TPSA) is 35.8 Å². The van der Waals surface area contributed by atoms with Gasteiger partial charge in [0.05, 0.1) is 11.6 Å². The van der Waals surface area contributed by atoms with E-state index >= 15 is 0 Å². The van der Waals surface area contributed by atoms with Gasteiger partial charge < -0.3 is 5.32 Å². The summed E-state index contributed by atoms with van der Waals surface area (Å²) in [4.78, 5) is 0. The molecule has 0 atom stereocenters. The van der Waals surface area contributed by atoms with Gasteiger partial charge in [-0.05, 0) is 42.0 Å². The van der Waals surface area contributed by atoms with Gasteiger partial charge >= 0.3 is 0 Å². The van der Waals surface area contributed by atoms with Gasteiger partial charge in [-0.25, -0.2) is 4.39 Å². The number of benzene rings is 2. The molecule has 2 rings (SSSR count). The Morgan fingerprint density at radius 3 is 2.74 bits per heavy atom. The summed E-state index contributed by atoms with van der Waals surface area (Å²) < 4.78 is 13.3. The Morgan fingerprint density at radius 2 is 2.00 bits per heavy atom.